The van der Waals surface area contributed by atoms with Gasteiger partial charge < -0.3 is 0 Å². The number of hydrazone groups is 2. The predicted octanol–water partition coefficient (Wildman–Crippen LogP) is 3.08. The number of halogens is 2. The van der Waals surface area contributed by atoms with E-state index in [4.69, 9.17) is 0 Å². The average Bonchev–Trinajstić information content (AvgIpc) is 2.67. The SMILES string of the molecule is C[C@H](S[C@@H](C)C(=O)N/N=C/c1cccc(F)c1)C(=O)N/N=C\c1cccc(F)c1. The standard InChI is InChI=1S/C20H20F2N4O2S/c1-13(19(27)25-23-11-15-5-3-7-17(21)9-15)29-14(2)20(28)26-24-12-16-6-4-8-18(22)10-16/h3-14H,1-2H3,(H,25,27)(H,26,28)/b23-11-,24-12+/t13-,14-/m0/s1. The van der Waals surface area contributed by atoms with Gasteiger partial charge in [0.1, 0.15) is 11.6 Å². The number of nitrogens with zero attached hydrogens (tertiary/aromatic N) is 2. The molecule has 0 radical (unpaired) electrons. The van der Waals surface area contributed by atoms with E-state index in [0.717, 1.165) is 11.8 Å². The van der Waals surface area contributed by atoms with E-state index in [0.29, 0.717) is 11.1 Å². The Morgan fingerprint density at radius 3 is 1.66 bits per heavy atom. The smallest absolute Gasteiger partial charge is 0.252 e. The monoisotopic (exact) mass is 418 g/mol. The Labute approximate surface area is 171 Å². The summed E-state index contributed by atoms with van der Waals surface area (Å²) in [6.07, 6.45) is 2.66. The van der Waals surface area contributed by atoms with Crippen molar-refractivity contribution < 1.29 is 18.4 Å². The summed E-state index contributed by atoms with van der Waals surface area (Å²) in [6.45, 7) is 3.27. The molecule has 0 aliphatic rings. The maximum atomic E-state index is 13.1. The number of hydrogen-bond acceptors (Lipinski definition) is 5. The van der Waals surface area contributed by atoms with Crippen LogP contribution in [0.15, 0.2) is 58.7 Å². The fraction of sp³-hybridized carbons (Fsp3) is 0.200. The lowest BCUT2D eigenvalue weighted by Crippen LogP contribution is -2.33. The lowest BCUT2D eigenvalue weighted by molar-refractivity contribution is -0.120. The van der Waals surface area contributed by atoms with Crippen LogP contribution in [-0.4, -0.2) is 34.7 Å². The lowest BCUT2D eigenvalue weighted by Gasteiger charge is -2.14. The van der Waals surface area contributed by atoms with E-state index in [2.05, 4.69) is 21.1 Å². The second-order valence-electron chi connectivity index (χ2n) is 6.00. The molecule has 6 nitrogen and oxygen atoms in total. The van der Waals surface area contributed by atoms with Gasteiger partial charge in [0.15, 0.2) is 0 Å². The molecule has 0 spiro atoms. The van der Waals surface area contributed by atoms with Crippen LogP contribution in [0, 0.1) is 11.6 Å². The Hall–Kier alpha value is -3.07. The number of carbonyl (C=O) groups excluding carboxylic acids is 2. The molecule has 2 N–H and O–H groups in total. The first-order valence-electron chi connectivity index (χ1n) is 8.67. The highest BCUT2D eigenvalue weighted by atomic mass is 32.2. The van der Waals surface area contributed by atoms with Crippen molar-refractivity contribution in [3.63, 3.8) is 0 Å². The van der Waals surface area contributed by atoms with Crippen LogP contribution < -0.4 is 10.9 Å². The van der Waals surface area contributed by atoms with Crippen LogP contribution in [0.1, 0.15) is 25.0 Å². The van der Waals surface area contributed by atoms with Gasteiger partial charge in [-0.1, -0.05) is 24.3 Å². The minimum atomic E-state index is -0.562. The molecule has 0 saturated heterocycles. The third kappa shape index (κ3) is 7.82. The largest absolute Gasteiger partial charge is 0.272 e. The van der Waals surface area contributed by atoms with E-state index >= 15 is 0 Å². The Morgan fingerprint density at radius 1 is 0.862 bits per heavy atom. The first-order chi connectivity index (χ1) is 13.8. The summed E-state index contributed by atoms with van der Waals surface area (Å²) in [5.74, 6) is -1.59. The normalized spacial score (nSPS) is 13.4. The summed E-state index contributed by atoms with van der Waals surface area (Å²) in [7, 11) is 0. The molecule has 152 valence electrons. The van der Waals surface area contributed by atoms with Crippen molar-refractivity contribution in [1.82, 2.24) is 10.9 Å². The van der Waals surface area contributed by atoms with Gasteiger partial charge in [0.25, 0.3) is 11.8 Å². The molecular formula is C20H20F2N4O2S. The van der Waals surface area contributed by atoms with Crippen molar-refractivity contribution in [2.75, 3.05) is 0 Å². The van der Waals surface area contributed by atoms with E-state index < -0.39 is 33.9 Å². The molecule has 2 aromatic carbocycles. The molecule has 0 aromatic heterocycles. The molecule has 29 heavy (non-hydrogen) atoms. The molecule has 0 heterocycles. The molecule has 0 bridgehead atoms. The Balaban J connectivity index is 1.78. The van der Waals surface area contributed by atoms with Gasteiger partial charge in [0.2, 0.25) is 0 Å². The third-order valence-corrected chi connectivity index (χ3v) is 4.87. The number of carbonyl (C=O) groups is 2. The number of nitrogens with one attached hydrogen (secondary N) is 2. The average molecular weight is 418 g/mol. The lowest BCUT2D eigenvalue weighted by atomic mass is 10.2. The van der Waals surface area contributed by atoms with Crippen LogP contribution in [0.4, 0.5) is 8.78 Å². The van der Waals surface area contributed by atoms with Crippen molar-refractivity contribution in [2.24, 2.45) is 10.2 Å². The topological polar surface area (TPSA) is 82.9 Å². The number of rotatable bonds is 8. The summed E-state index contributed by atoms with van der Waals surface area (Å²) in [5, 5.41) is 6.45. The quantitative estimate of drug-likeness (QED) is 0.511. The number of thioether (sulfide) groups is 1. The number of amides is 2. The van der Waals surface area contributed by atoms with Gasteiger partial charge in [-0.05, 0) is 49.2 Å². The highest BCUT2D eigenvalue weighted by Gasteiger charge is 2.21. The molecule has 9 heteroatoms. The van der Waals surface area contributed by atoms with Crippen LogP contribution >= 0.6 is 11.8 Å². The van der Waals surface area contributed by atoms with E-state index in [1.54, 1.807) is 26.0 Å². The highest BCUT2D eigenvalue weighted by Crippen LogP contribution is 2.17. The Morgan fingerprint density at radius 2 is 1.28 bits per heavy atom. The maximum Gasteiger partial charge on any atom is 0.252 e. The summed E-state index contributed by atoms with van der Waals surface area (Å²) in [6, 6.07) is 11.5. The number of benzene rings is 2. The highest BCUT2D eigenvalue weighted by molar-refractivity contribution is 8.01. The number of hydrogen-bond donors (Lipinski definition) is 2. The molecule has 2 atom stereocenters. The first-order valence-corrected chi connectivity index (χ1v) is 9.62. The molecule has 0 aliphatic heterocycles. The van der Waals surface area contributed by atoms with Gasteiger partial charge in [-0.2, -0.15) is 10.2 Å². The summed E-state index contributed by atoms with van der Waals surface area (Å²) in [4.78, 5) is 24.1. The van der Waals surface area contributed by atoms with E-state index in [1.165, 1.54) is 48.8 Å². The van der Waals surface area contributed by atoms with Gasteiger partial charge >= 0.3 is 0 Å². The van der Waals surface area contributed by atoms with Crippen molar-refractivity contribution >= 4 is 36.0 Å². The van der Waals surface area contributed by atoms with Crippen LogP contribution in [0.2, 0.25) is 0 Å². The minimum Gasteiger partial charge on any atom is -0.272 e. The van der Waals surface area contributed by atoms with Crippen LogP contribution in [0.3, 0.4) is 0 Å². The third-order valence-electron chi connectivity index (χ3n) is 3.62. The molecule has 0 unspecified atom stereocenters. The van der Waals surface area contributed by atoms with Gasteiger partial charge in [0.05, 0.1) is 22.9 Å². The summed E-state index contributed by atoms with van der Waals surface area (Å²) >= 11 is 1.12. The molecule has 0 fully saturated rings. The maximum absolute atomic E-state index is 13.1. The Bertz CT molecular complexity index is 847. The second kappa shape index (κ2) is 11.1. The Kier molecular flexibility index (Phi) is 8.47. The second-order valence-corrected chi connectivity index (χ2v) is 7.69. The zero-order chi connectivity index (χ0) is 21.2. The molecule has 2 aromatic rings. The van der Waals surface area contributed by atoms with E-state index in [1.807, 2.05) is 0 Å². The van der Waals surface area contributed by atoms with Crippen LogP contribution in [-0.2, 0) is 9.59 Å². The van der Waals surface area contributed by atoms with Crippen molar-refractivity contribution in [2.45, 2.75) is 24.3 Å². The van der Waals surface area contributed by atoms with Gasteiger partial charge in [-0.3, -0.25) is 9.59 Å². The van der Waals surface area contributed by atoms with Crippen molar-refractivity contribution in [3.05, 3.63) is 71.3 Å². The summed E-state index contributed by atoms with van der Waals surface area (Å²) in [5.41, 5.74) is 5.73. The van der Waals surface area contributed by atoms with Crippen LogP contribution in [0.25, 0.3) is 0 Å². The van der Waals surface area contributed by atoms with Gasteiger partial charge in [-0.25, -0.2) is 19.6 Å². The van der Waals surface area contributed by atoms with Crippen molar-refractivity contribution in [3.8, 4) is 0 Å². The molecule has 2 rings (SSSR count). The van der Waals surface area contributed by atoms with Crippen molar-refractivity contribution in [1.29, 1.82) is 0 Å². The molecule has 0 saturated carbocycles. The predicted molar refractivity (Wildman–Crippen MR) is 111 cm³/mol. The summed E-state index contributed by atoms with van der Waals surface area (Å²) < 4.78 is 26.2. The zero-order valence-electron chi connectivity index (χ0n) is 15.8. The minimum absolute atomic E-state index is 0.398. The van der Waals surface area contributed by atoms with Gasteiger partial charge in [0, 0.05) is 0 Å². The van der Waals surface area contributed by atoms with Crippen LogP contribution in [0.5, 0.6) is 0 Å². The zero-order valence-corrected chi connectivity index (χ0v) is 16.6. The fourth-order valence-corrected chi connectivity index (χ4v) is 3.09. The van der Waals surface area contributed by atoms with E-state index in [9.17, 15) is 18.4 Å². The fourth-order valence-electron chi connectivity index (χ4n) is 2.13. The van der Waals surface area contributed by atoms with Gasteiger partial charge in [-0.15, -0.1) is 11.8 Å². The van der Waals surface area contributed by atoms with E-state index in [-0.39, 0.29) is 0 Å². The molecular weight excluding hydrogens is 398 g/mol. The molecule has 2 amide bonds. The molecule has 0 aliphatic carbocycles. The first kappa shape index (κ1) is 22.2.